The lowest BCUT2D eigenvalue weighted by Gasteiger charge is -2.21. The lowest BCUT2D eigenvalue weighted by molar-refractivity contribution is 0.866. The van der Waals surface area contributed by atoms with E-state index in [-0.39, 0.29) is 0 Å². The Labute approximate surface area is 133 Å². The summed E-state index contributed by atoms with van der Waals surface area (Å²) in [6, 6.07) is 8.34. The second-order valence-electron chi connectivity index (χ2n) is 4.48. The number of hydrogen-bond acceptors (Lipinski definition) is 5. The lowest BCUT2D eigenvalue weighted by atomic mass is 10.2. The summed E-state index contributed by atoms with van der Waals surface area (Å²) in [6.07, 6.45) is 1.73. The van der Waals surface area contributed by atoms with Gasteiger partial charge in [0.25, 0.3) is 0 Å². The first-order chi connectivity index (χ1) is 10.2. The molecule has 2 aromatic rings. The summed E-state index contributed by atoms with van der Waals surface area (Å²) >= 11 is 3.45. The maximum atomic E-state index is 4.39. The average molecular weight is 350 g/mol. The van der Waals surface area contributed by atoms with Crippen molar-refractivity contribution in [1.29, 1.82) is 0 Å². The smallest absolute Gasteiger partial charge is 0.224 e. The van der Waals surface area contributed by atoms with Crippen LogP contribution in [0.3, 0.4) is 0 Å². The molecule has 0 bridgehead atoms. The zero-order valence-electron chi connectivity index (χ0n) is 12.5. The molecule has 0 saturated carbocycles. The third-order valence-electron chi connectivity index (χ3n) is 3.23. The fourth-order valence-electron chi connectivity index (χ4n) is 2.06. The normalized spacial score (nSPS) is 10.3. The Balaban J connectivity index is 2.17. The number of nitrogens with one attached hydrogen (secondary N) is 2. The van der Waals surface area contributed by atoms with E-state index in [4.69, 9.17) is 0 Å². The molecule has 0 fully saturated rings. The van der Waals surface area contributed by atoms with Gasteiger partial charge in [0, 0.05) is 37.7 Å². The van der Waals surface area contributed by atoms with Gasteiger partial charge in [0.1, 0.15) is 5.82 Å². The van der Waals surface area contributed by atoms with E-state index in [9.17, 15) is 0 Å². The molecule has 0 spiro atoms. The van der Waals surface area contributed by atoms with E-state index < -0.39 is 0 Å². The fourth-order valence-corrected chi connectivity index (χ4v) is 2.35. The number of benzene rings is 1. The highest BCUT2D eigenvalue weighted by molar-refractivity contribution is 9.10. The summed E-state index contributed by atoms with van der Waals surface area (Å²) in [5.74, 6) is 1.32. The Kier molecular flexibility index (Phi) is 5.38. The first kappa shape index (κ1) is 15.6. The van der Waals surface area contributed by atoms with Crippen LogP contribution in [0.1, 0.15) is 13.8 Å². The van der Waals surface area contributed by atoms with Gasteiger partial charge in [-0.05, 0) is 54.0 Å². The molecule has 0 radical (unpaired) electrons. The molecule has 2 rings (SSSR count). The van der Waals surface area contributed by atoms with Crippen molar-refractivity contribution in [2.45, 2.75) is 13.8 Å². The number of halogens is 1. The van der Waals surface area contributed by atoms with E-state index in [1.54, 1.807) is 13.2 Å². The molecule has 5 nitrogen and oxygen atoms in total. The van der Waals surface area contributed by atoms with Crippen LogP contribution in [0.25, 0.3) is 0 Å². The fraction of sp³-hybridized carbons (Fsp3) is 0.333. The van der Waals surface area contributed by atoms with Crippen molar-refractivity contribution in [3.63, 3.8) is 0 Å². The summed E-state index contributed by atoms with van der Waals surface area (Å²) in [7, 11) is 1.80. The second-order valence-corrected chi connectivity index (χ2v) is 5.34. The standard InChI is InChI=1S/C15H20BrN5/c1-4-21(5-2)12-8-6-11(7-9-12)19-14-13(16)10-18-15(17-3)20-14/h6-10H,4-5H2,1-3H3,(H2,17,18,19,20). The van der Waals surface area contributed by atoms with E-state index in [0.717, 1.165) is 29.1 Å². The second kappa shape index (κ2) is 7.26. The van der Waals surface area contributed by atoms with E-state index in [1.165, 1.54) is 5.69 Å². The number of rotatable bonds is 6. The highest BCUT2D eigenvalue weighted by atomic mass is 79.9. The van der Waals surface area contributed by atoms with Crippen LogP contribution in [0.5, 0.6) is 0 Å². The highest BCUT2D eigenvalue weighted by Crippen LogP contribution is 2.25. The molecule has 0 aliphatic rings. The van der Waals surface area contributed by atoms with Crippen LogP contribution in [0.2, 0.25) is 0 Å². The predicted molar refractivity (Wildman–Crippen MR) is 92.6 cm³/mol. The number of aromatic nitrogens is 2. The first-order valence-electron chi connectivity index (χ1n) is 7.00. The summed E-state index contributed by atoms with van der Waals surface area (Å²) < 4.78 is 0.828. The van der Waals surface area contributed by atoms with Crippen molar-refractivity contribution >= 4 is 39.1 Å². The molecule has 0 aliphatic heterocycles. The molecule has 1 heterocycles. The summed E-state index contributed by atoms with van der Waals surface area (Å²) in [4.78, 5) is 10.8. The molecule has 1 aromatic carbocycles. The third kappa shape index (κ3) is 3.85. The van der Waals surface area contributed by atoms with Gasteiger partial charge in [-0.15, -0.1) is 0 Å². The maximum Gasteiger partial charge on any atom is 0.224 e. The molecular formula is C15H20BrN5. The quantitative estimate of drug-likeness (QED) is 0.828. The molecule has 2 N–H and O–H groups in total. The van der Waals surface area contributed by atoms with Crippen molar-refractivity contribution < 1.29 is 0 Å². The number of anilines is 4. The van der Waals surface area contributed by atoms with Crippen LogP contribution in [0.15, 0.2) is 34.9 Å². The molecule has 0 saturated heterocycles. The Morgan fingerprint density at radius 3 is 2.38 bits per heavy atom. The van der Waals surface area contributed by atoms with Gasteiger partial charge in [0.05, 0.1) is 4.47 Å². The molecule has 0 amide bonds. The molecular weight excluding hydrogens is 330 g/mol. The summed E-state index contributed by atoms with van der Waals surface area (Å²) in [6.45, 7) is 6.33. The molecule has 0 aliphatic carbocycles. The van der Waals surface area contributed by atoms with Crippen LogP contribution < -0.4 is 15.5 Å². The average Bonchev–Trinajstić information content (AvgIpc) is 2.52. The molecule has 0 unspecified atom stereocenters. The summed E-state index contributed by atoms with van der Waals surface area (Å²) in [5, 5.41) is 6.22. The zero-order valence-corrected chi connectivity index (χ0v) is 14.1. The van der Waals surface area contributed by atoms with Gasteiger partial charge in [-0.2, -0.15) is 4.98 Å². The molecule has 0 atom stereocenters. The van der Waals surface area contributed by atoms with Gasteiger partial charge in [0.15, 0.2) is 0 Å². The van der Waals surface area contributed by atoms with Crippen molar-refractivity contribution in [2.75, 3.05) is 35.7 Å². The highest BCUT2D eigenvalue weighted by Gasteiger charge is 2.06. The Bertz CT molecular complexity index is 581. The largest absolute Gasteiger partial charge is 0.372 e. The number of nitrogens with zero attached hydrogens (tertiary/aromatic N) is 3. The lowest BCUT2D eigenvalue weighted by Crippen LogP contribution is -2.21. The molecule has 21 heavy (non-hydrogen) atoms. The molecule has 112 valence electrons. The minimum Gasteiger partial charge on any atom is -0.372 e. The van der Waals surface area contributed by atoms with Crippen LogP contribution in [-0.4, -0.2) is 30.1 Å². The monoisotopic (exact) mass is 349 g/mol. The first-order valence-corrected chi connectivity index (χ1v) is 7.79. The third-order valence-corrected chi connectivity index (χ3v) is 3.81. The predicted octanol–water partition coefficient (Wildman–Crippen LogP) is 3.87. The topological polar surface area (TPSA) is 53.1 Å². The van der Waals surface area contributed by atoms with Crippen molar-refractivity contribution in [2.24, 2.45) is 0 Å². The minimum absolute atomic E-state index is 0.584. The van der Waals surface area contributed by atoms with Crippen LogP contribution >= 0.6 is 15.9 Å². The van der Waals surface area contributed by atoms with Crippen molar-refractivity contribution in [1.82, 2.24) is 9.97 Å². The SMILES string of the molecule is CCN(CC)c1ccc(Nc2nc(NC)ncc2Br)cc1. The van der Waals surface area contributed by atoms with E-state index in [2.05, 4.69) is 79.5 Å². The summed E-state index contributed by atoms with van der Waals surface area (Å²) in [5.41, 5.74) is 2.22. The zero-order chi connectivity index (χ0) is 15.2. The Hall–Kier alpha value is -1.82. The van der Waals surface area contributed by atoms with Gasteiger partial charge < -0.3 is 15.5 Å². The Morgan fingerprint density at radius 1 is 1.14 bits per heavy atom. The van der Waals surface area contributed by atoms with Gasteiger partial charge in [0.2, 0.25) is 5.95 Å². The Morgan fingerprint density at radius 2 is 1.81 bits per heavy atom. The van der Waals surface area contributed by atoms with Crippen LogP contribution in [-0.2, 0) is 0 Å². The minimum atomic E-state index is 0.584. The van der Waals surface area contributed by atoms with Crippen molar-refractivity contribution in [3.8, 4) is 0 Å². The van der Waals surface area contributed by atoms with Gasteiger partial charge in [-0.25, -0.2) is 4.98 Å². The van der Waals surface area contributed by atoms with E-state index >= 15 is 0 Å². The van der Waals surface area contributed by atoms with E-state index in [0.29, 0.717) is 5.95 Å². The number of hydrogen-bond donors (Lipinski definition) is 2. The molecule has 1 aromatic heterocycles. The molecule has 6 heteroatoms. The van der Waals surface area contributed by atoms with Gasteiger partial charge in [-0.1, -0.05) is 0 Å². The van der Waals surface area contributed by atoms with Crippen LogP contribution in [0.4, 0.5) is 23.1 Å². The van der Waals surface area contributed by atoms with E-state index in [1.807, 2.05) is 0 Å². The van der Waals surface area contributed by atoms with Gasteiger partial charge in [-0.3, -0.25) is 0 Å². The maximum absolute atomic E-state index is 4.39. The van der Waals surface area contributed by atoms with Gasteiger partial charge >= 0.3 is 0 Å². The van der Waals surface area contributed by atoms with Crippen LogP contribution in [0, 0.1) is 0 Å². The van der Waals surface area contributed by atoms with Crippen molar-refractivity contribution in [3.05, 3.63) is 34.9 Å².